The number of nitrogens with two attached hydrogens (primary N) is 1. The first-order chi connectivity index (χ1) is 7.63. The molecule has 1 aromatic carbocycles. The summed E-state index contributed by atoms with van der Waals surface area (Å²) in [5.41, 5.74) is 9.35. The molecular weight excluding hydrogens is 218 g/mol. The predicted molar refractivity (Wildman–Crippen MR) is 69.6 cm³/mol. The molecule has 0 spiro atoms. The maximum Gasteiger partial charge on any atom is 0.129 e. The largest absolute Gasteiger partial charge is 0.383 e. The van der Waals surface area contributed by atoms with Crippen molar-refractivity contribution in [2.75, 3.05) is 12.0 Å². The molecule has 0 bridgehead atoms. The first-order valence-electron chi connectivity index (χ1n) is 5.06. The van der Waals surface area contributed by atoms with E-state index in [1.807, 2.05) is 13.2 Å². The van der Waals surface area contributed by atoms with Crippen LogP contribution in [0.4, 0.5) is 5.82 Å². The smallest absolute Gasteiger partial charge is 0.129 e. The molecule has 16 heavy (non-hydrogen) atoms. The van der Waals surface area contributed by atoms with Crippen molar-refractivity contribution in [1.29, 1.82) is 0 Å². The van der Waals surface area contributed by atoms with E-state index >= 15 is 0 Å². The summed E-state index contributed by atoms with van der Waals surface area (Å²) in [7, 11) is 1.85. The number of hydrogen-bond acceptors (Lipinski definition) is 3. The van der Waals surface area contributed by atoms with Gasteiger partial charge in [0.05, 0.1) is 6.20 Å². The Labute approximate surface area is 99.7 Å². The fourth-order valence-electron chi connectivity index (χ4n) is 1.72. The summed E-state index contributed by atoms with van der Waals surface area (Å²) in [6, 6.07) is 6.37. The minimum atomic E-state index is 0.705. The number of nitrogens with zero attached hydrogens (tertiary/aromatic N) is 2. The van der Waals surface area contributed by atoms with E-state index in [0.717, 1.165) is 11.1 Å². The molecule has 0 unspecified atom stereocenters. The average molecular weight is 233 g/mol. The Balaban J connectivity index is 2.49. The zero-order valence-electron chi connectivity index (χ0n) is 9.69. The number of aryl methyl sites for hydroxylation is 2. The lowest BCUT2D eigenvalue weighted by Gasteiger charge is -2.06. The van der Waals surface area contributed by atoms with E-state index in [2.05, 4.69) is 36.5 Å². The third-order valence-corrected chi connectivity index (χ3v) is 3.59. The molecule has 0 saturated carbocycles. The molecule has 1 heterocycles. The fourth-order valence-corrected chi connectivity index (χ4v) is 2.30. The zero-order valence-corrected chi connectivity index (χ0v) is 10.5. The summed E-state index contributed by atoms with van der Waals surface area (Å²) in [4.78, 5) is 1.30. The van der Waals surface area contributed by atoms with Gasteiger partial charge in [-0.25, -0.2) is 0 Å². The van der Waals surface area contributed by atoms with Gasteiger partial charge in [0.1, 0.15) is 5.82 Å². The van der Waals surface area contributed by atoms with Crippen molar-refractivity contribution in [2.45, 2.75) is 11.8 Å². The maximum atomic E-state index is 5.95. The second kappa shape index (κ2) is 4.22. The van der Waals surface area contributed by atoms with Crippen molar-refractivity contribution in [3.05, 3.63) is 30.0 Å². The molecule has 84 valence electrons. The van der Waals surface area contributed by atoms with Gasteiger partial charge in [0.2, 0.25) is 0 Å². The van der Waals surface area contributed by atoms with Crippen molar-refractivity contribution in [1.82, 2.24) is 9.78 Å². The molecule has 0 atom stereocenters. The SMILES string of the molecule is CSc1ccc(-c2cnn(C)c2N)cc1C. The molecule has 0 fully saturated rings. The van der Waals surface area contributed by atoms with Gasteiger partial charge < -0.3 is 5.73 Å². The summed E-state index contributed by atoms with van der Waals surface area (Å²) in [6.45, 7) is 2.11. The lowest BCUT2D eigenvalue weighted by molar-refractivity contribution is 0.779. The average Bonchev–Trinajstić information content (AvgIpc) is 2.60. The quantitative estimate of drug-likeness (QED) is 0.811. The lowest BCUT2D eigenvalue weighted by atomic mass is 10.1. The number of anilines is 1. The van der Waals surface area contributed by atoms with Gasteiger partial charge in [0, 0.05) is 17.5 Å². The number of benzene rings is 1. The van der Waals surface area contributed by atoms with E-state index < -0.39 is 0 Å². The Morgan fingerprint density at radius 2 is 2.12 bits per heavy atom. The van der Waals surface area contributed by atoms with Crippen molar-refractivity contribution >= 4 is 17.6 Å². The molecule has 0 aliphatic carbocycles. The molecule has 3 nitrogen and oxygen atoms in total. The molecule has 0 aliphatic heterocycles. The molecule has 4 heteroatoms. The van der Waals surface area contributed by atoms with Crippen molar-refractivity contribution in [2.24, 2.45) is 7.05 Å². The standard InChI is InChI=1S/C12H15N3S/c1-8-6-9(4-5-11(8)16-3)10-7-14-15(2)12(10)13/h4-7H,13H2,1-3H3. The highest BCUT2D eigenvalue weighted by molar-refractivity contribution is 7.98. The highest BCUT2D eigenvalue weighted by Gasteiger charge is 2.08. The fraction of sp³-hybridized carbons (Fsp3) is 0.250. The summed E-state index contributed by atoms with van der Waals surface area (Å²) < 4.78 is 1.69. The van der Waals surface area contributed by atoms with Gasteiger partial charge in [0.25, 0.3) is 0 Å². The van der Waals surface area contributed by atoms with E-state index in [1.54, 1.807) is 16.4 Å². The molecule has 2 rings (SSSR count). The zero-order chi connectivity index (χ0) is 11.7. The van der Waals surface area contributed by atoms with Gasteiger partial charge >= 0.3 is 0 Å². The third kappa shape index (κ3) is 1.80. The van der Waals surface area contributed by atoms with Gasteiger partial charge in [-0.3, -0.25) is 4.68 Å². The van der Waals surface area contributed by atoms with Gasteiger partial charge in [-0.2, -0.15) is 5.10 Å². The Hall–Kier alpha value is -1.42. The van der Waals surface area contributed by atoms with Crippen molar-refractivity contribution in [3.8, 4) is 11.1 Å². The van der Waals surface area contributed by atoms with Crippen LogP contribution in [0.25, 0.3) is 11.1 Å². The Bertz CT molecular complexity index is 517. The molecule has 0 saturated heterocycles. The summed E-state index contributed by atoms with van der Waals surface area (Å²) in [5.74, 6) is 0.705. The highest BCUT2D eigenvalue weighted by Crippen LogP contribution is 2.29. The molecule has 0 radical (unpaired) electrons. The number of nitrogen functional groups attached to an aromatic ring is 1. The number of thioether (sulfide) groups is 1. The van der Waals surface area contributed by atoms with Crippen LogP contribution in [-0.2, 0) is 7.05 Å². The second-order valence-electron chi connectivity index (χ2n) is 3.75. The van der Waals surface area contributed by atoms with Gasteiger partial charge in [0.15, 0.2) is 0 Å². The van der Waals surface area contributed by atoms with Crippen LogP contribution in [-0.4, -0.2) is 16.0 Å². The van der Waals surface area contributed by atoms with E-state index in [-0.39, 0.29) is 0 Å². The minimum absolute atomic E-state index is 0.705. The van der Waals surface area contributed by atoms with E-state index in [4.69, 9.17) is 5.73 Å². The molecule has 2 aromatic rings. The van der Waals surface area contributed by atoms with Crippen LogP contribution in [0.5, 0.6) is 0 Å². The van der Waals surface area contributed by atoms with Crippen LogP contribution >= 0.6 is 11.8 Å². The van der Waals surface area contributed by atoms with E-state index in [0.29, 0.717) is 5.82 Å². The first-order valence-corrected chi connectivity index (χ1v) is 6.28. The normalized spacial score (nSPS) is 10.7. The maximum absolute atomic E-state index is 5.95. The predicted octanol–water partition coefficient (Wildman–Crippen LogP) is 2.70. The minimum Gasteiger partial charge on any atom is -0.383 e. The summed E-state index contributed by atoms with van der Waals surface area (Å²) >= 11 is 1.76. The van der Waals surface area contributed by atoms with Crippen LogP contribution in [0, 0.1) is 6.92 Å². The summed E-state index contributed by atoms with van der Waals surface area (Å²) in [6.07, 6.45) is 3.89. The number of aromatic nitrogens is 2. The Kier molecular flexibility index (Phi) is 2.92. The number of hydrogen-bond donors (Lipinski definition) is 1. The molecular formula is C12H15N3S. The van der Waals surface area contributed by atoms with Crippen molar-refractivity contribution < 1.29 is 0 Å². The highest BCUT2D eigenvalue weighted by atomic mass is 32.2. The van der Waals surface area contributed by atoms with Gasteiger partial charge in [-0.1, -0.05) is 12.1 Å². The number of rotatable bonds is 2. The van der Waals surface area contributed by atoms with Gasteiger partial charge in [-0.15, -0.1) is 11.8 Å². The van der Waals surface area contributed by atoms with E-state index in [1.165, 1.54) is 10.5 Å². The van der Waals surface area contributed by atoms with Gasteiger partial charge in [-0.05, 0) is 30.4 Å². The summed E-state index contributed by atoms with van der Waals surface area (Å²) in [5, 5.41) is 4.15. The monoisotopic (exact) mass is 233 g/mol. The van der Waals surface area contributed by atoms with Crippen LogP contribution in [0.15, 0.2) is 29.3 Å². The third-order valence-electron chi connectivity index (χ3n) is 2.69. The second-order valence-corrected chi connectivity index (χ2v) is 4.60. The first kappa shape index (κ1) is 11.1. The topological polar surface area (TPSA) is 43.8 Å². The van der Waals surface area contributed by atoms with Crippen LogP contribution in [0.3, 0.4) is 0 Å². The van der Waals surface area contributed by atoms with Crippen LogP contribution in [0.1, 0.15) is 5.56 Å². The Morgan fingerprint density at radius 3 is 2.62 bits per heavy atom. The Morgan fingerprint density at radius 1 is 1.38 bits per heavy atom. The molecule has 0 amide bonds. The molecule has 0 aliphatic rings. The lowest BCUT2D eigenvalue weighted by Crippen LogP contribution is -1.98. The van der Waals surface area contributed by atoms with E-state index in [9.17, 15) is 0 Å². The molecule has 1 aromatic heterocycles. The van der Waals surface area contributed by atoms with Crippen LogP contribution in [0.2, 0.25) is 0 Å². The molecule has 2 N–H and O–H groups in total. The van der Waals surface area contributed by atoms with Crippen LogP contribution < -0.4 is 5.73 Å². The van der Waals surface area contributed by atoms with Crippen molar-refractivity contribution in [3.63, 3.8) is 0 Å².